The minimum Gasteiger partial charge on any atom is -0.460 e. The number of carbonyl (C=O) groups is 1. The summed E-state index contributed by atoms with van der Waals surface area (Å²) in [6, 6.07) is 0. The van der Waals surface area contributed by atoms with Gasteiger partial charge in [-0.1, -0.05) is 6.08 Å². The molecule has 0 fully saturated rings. The summed E-state index contributed by atoms with van der Waals surface area (Å²) < 4.78 is 4.70. The Labute approximate surface area is 77.0 Å². The van der Waals surface area contributed by atoms with E-state index in [4.69, 9.17) is 21.4 Å². The fourth-order valence-corrected chi connectivity index (χ4v) is 0.741. The van der Waals surface area contributed by atoms with Crippen molar-refractivity contribution in [1.82, 2.24) is 0 Å². The van der Waals surface area contributed by atoms with Gasteiger partial charge in [0.15, 0.2) is 0 Å². The molecular formula is C8H13ClO3. The van der Waals surface area contributed by atoms with Crippen LogP contribution in [0.4, 0.5) is 0 Å². The van der Waals surface area contributed by atoms with Crippen LogP contribution in [-0.4, -0.2) is 29.7 Å². The van der Waals surface area contributed by atoms with Crippen LogP contribution < -0.4 is 0 Å². The first kappa shape index (κ1) is 11.5. The van der Waals surface area contributed by atoms with Gasteiger partial charge in [-0.15, -0.1) is 11.6 Å². The average Bonchev–Trinajstić information content (AvgIpc) is 2.00. The maximum absolute atomic E-state index is 11.0. The standard InChI is InChI=1S/C8H13ClO3/c1-6(3-4-9)8(11)12-5-7(2)10/h3,7,10H,4-5H2,1-2H3/b6-3+. The van der Waals surface area contributed by atoms with E-state index in [1.54, 1.807) is 19.9 Å². The molecule has 0 amide bonds. The number of hydrogen-bond acceptors (Lipinski definition) is 3. The lowest BCUT2D eigenvalue weighted by molar-refractivity contribution is -0.141. The summed E-state index contributed by atoms with van der Waals surface area (Å²) >= 11 is 5.37. The second-order valence-electron chi connectivity index (χ2n) is 2.49. The Morgan fingerprint density at radius 3 is 2.75 bits per heavy atom. The van der Waals surface area contributed by atoms with Crippen LogP contribution in [0.5, 0.6) is 0 Å². The van der Waals surface area contributed by atoms with E-state index in [-0.39, 0.29) is 12.5 Å². The second-order valence-corrected chi connectivity index (χ2v) is 2.80. The average molecular weight is 193 g/mol. The number of halogens is 1. The van der Waals surface area contributed by atoms with Crippen LogP contribution in [0.2, 0.25) is 0 Å². The Hall–Kier alpha value is -0.540. The Bertz CT molecular complexity index is 175. The maximum Gasteiger partial charge on any atom is 0.333 e. The third kappa shape index (κ3) is 5.16. The predicted molar refractivity (Wildman–Crippen MR) is 47.1 cm³/mol. The van der Waals surface area contributed by atoms with Gasteiger partial charge in [-0.3, -0.25) is 0 Å². The van der Waals surface area contributed by atoms with Crippen LogP contribution in [0.15, 0.2) is 11.6 Å². The van der Waals surface area contributed by atoms with Crippen LogP contribution in [-0.2, 0) is 9.53 Å². The number of rotatable bonds is 4. The normalized spacial score (nSPS) is 14.2. The van der Waals surface area contributed by atoms with Gasteiger partial charge in [0.2, 0.25) is 0 Å². The molecule has 0 aliphatic carbocycles. The molecule has 0 bridgehead atoms. The van der Waals surface area contributed by atoms with Crippen molar-refractivity contribution in [3.8, 4) is 0 Å². The highest BCUT2D eigenvalue weighted by Crippen LogP contribution is 1.98. The Morgan fingerprint density at radius 2 is 2.33 bits per heavy atom. The molecule has 1 atom stereocenters. The molecule has 0 aromatic heterocycles. The fourth-order valence-electron chi connectivity index (χ4n) is 0.509. The van der Waals surface area contributed by atoms with Gasteiger partial charge in [0.1, 0.15) is 6.61 Å². The van der Waals surface area contributed by atoms with Gasteiger partial charge in [-0.05, 0) is 13.8 Å². The van der Waals surface area contributed by atoms with Crippen molar-refractivity contribution in [3.05, 3.63) is 11.6 Å². The lowest BCUT2D eigenvalue weighted by Crippen LogP contribution is -2.15. The zero-order valence-electron chi connectivity index (χ0n) is 7.21. The van der Waals surface area contributed by atoms with E-state index < -0.39 is 12.1 Å². The summed E-state index contributed by atoms with van der Waals surface area (Å²) in [5.74, 6) is -0.146. The Morgan fingerprint density at radius 1 is 1.75 bits per heavy atom. The van der Waals surface area contributed by atoms with Gasteiger partial charge in [0, 0.05) is 11.5 Å². The highest BCUT2D eigenvalue weighted by atomic mass is 35.5. The monoisotopic (exact) mass is 192 g/mol. The van der Waals surface area contributed by atoms with Crippen LogP contribution in [0.1, 0.15) is 13.8 Å². The first-order valence-electron chi connectivity index (χ1n) is 3.65. The zero-order chi connectivity index (χ0) is 9.56. The van der Waals surface area contributed by atoms with Crippen molar-refractivity contribution in [2.75, 3.05) is 12.5 Å². The topological polar surface area (TPSA) is 46.5 Å². The highest BCUT2D eigenvalue weighted by Gasteiger charge is 2.06. The van der Waals surface area contributed by atoms with E-state index in [1.807, 2.05) is 0 Å². The molecule has 0 saturated heterocycles. The SMILES string of the molecule is C/C(=C\CCl)C(=O)OCC(C)O. The van der Waals surface area contributed by atoms with E-state index in [9.17, 15) is 4.79 Å². The molecule has 3 nitrogen and oxygen atoms in total. The van der Waals surface area contributed by atoms with Crippen molar-refractivity contribution in [1.29, 1.82) is 0 Å². The first-order chi connectivity index (χ1) is 5.57. The van der Waals surface area contributed by atoms with Gasteiger partial charge in [0.25, 0.3) is 0 Å². The highest BCUT2D eigenvalue weighted by molar-refractivity contribution is 6.19. The van der Waals surface area contributed by atoms with Gasteiger partial charge in [0.05, 0.1) is 6.10 Å². The Kier molecular flexibility index (Phi) is 5.76. The molecule has 0 radical (unpaired) electrons. The maximum atomic E-state index is 11.0. The molecule has 70 valence electrons. The number of allylic oxidation sites excluding steroid dienone is 1. The summed E-state index contributed by atoms with van der Waals surface area (Å²) in [5, 5.41) is 8.79. The van der Waals surface area contributed by atoms with Crippen LogP contribution >= 0.6 is 11.6 Å². The van der Waals surface area contributed by atoms with Crippen LogP contribution in [0.25, 0.3) is 0 Å². The quantitative estimate of drug-likeness (QED) is 0.412. The van der Waals surface area contributed by atoms with E-state index in [0.717, 1.165) is 0 Å². The Balaban J connectivity index is 3.80. The zero-order valence-corrected chi connectivity index (χ0v) is 7.97. The van der Waals surface area contributed by atoms with E-state index in [1.165, 1.54) is 0 Å². The number of carbonyl (C=O) groups excluding carboxylic acids is 1. The smallest absolute Gasteiger partial charge is 0.333 e. The number of alkyl halides is 1. The second kappa shape index (κ2) is 6.03. The van der Waals surface area contributed by atoms with Crippen molar-refractivity contribution in [2.24, 2.45) is 0 Å². The van der Waals surface area contributed by atoms with Gasteiger partial charge in [-0.25, -0.2) is 4.79 Å². The van der Waals surface area contributed by atoms with Crippen molar-refractivity contribution < 1.29 is 14.6 Å². The molecule has 0 aromatic carbocycles. The van der Waals surface area contributed by atoms with Gasteiger partial charge in [-0.2, -0.15) is 0 Å². The third-order valence-electron chi connectivity index (χ3n) is 1.16. The molecule has 0 spiro atoms. The molecule has 0 heterocycles. The van der Waals surface area contributed by atoms with Crippen molar-refractivity contribution >= 4 is 17.6 Å². The minimum atomic E-state index is -0.627. The van der Waals surface area contributed by atoms with Crippen molar-refractivity contribution in [3.63, 3.8) is 0 Å². The number of esters is 1. The van der Waals surface area contributed by atoms with Crippen LogP contribution in [0, 0.1) is 0 Å². The molecular weight excluding hydrogens is 180 g/mol. The van der Waals surface area contributed by atoms with Gasteiger partial charge < -0.3 is 9.84 Å². The summed E-state index contributed by atoms with van der Waals surface area (Å²) in [5.41, 5.74) is 0.464. The summed E-state index contributed by atoms with van der Waals surface area (Å²) in [6.45, 7) is 3.19. The predicted octanol–water partition coefficient (Wildman–Crippen LogP) is 1.10. The molecule has 0 aromatic rings. The number of aliphatic hydroxyl groups is 1. The van der Waals surface area contributed by atoms with Crippen LogP contribution in [0.3, 0.4) is 0 Å². The summed E-state index contributed by atoms with van der Waals surface area (Å²) in [6.07, 6.45) is 0.934. The van der Waals surface area contributed by atoms with E-state index >= 15 is 0 Å². The lowest BCUT2D eigenvalue weighted by atomic mass is 10.3. The van der Waals surface area contributed by atoms with Gasteiger partial charge >= 0.3 is 5.97 Å². The molecule has 0 rings (SSSR count). The largest absolute Gasteiger partial charge is 0.460 e. The fraction of sp³-hybridized carbons (Fsp3) is 0.625. The minimum absolute atomic E-state index is 0.0201. The molecule has 0 saturated carbocycles. The van der Waals surface area contributed by atoms with E-state index in [2.05, 4.69) is 0 Å². The molecule has 4 heteroatoms. The first-order valence-corrected chi connectivity index (χ1v) is 4.19. The van der Waals surface area contributed by atoms with Crippen molar-refractivity contribution in [2.45, 2.75) is 20.0 Å². The summed E-state index contributed by atoms with van der Waals surface area (Å²) in [7, 11) is 0. The molecule has 12 heavy (non-hydrogen) atoms. The third-order valence-corrected chi connectivity index (χ3v) is 1.32. The van der Waals surface area contributed by atoms with E-state index in [0.29, 0.717) is 5.57 Å². The molecule has 1 unspecified atom stereocenters. The molecule has 0 aliphatic rings. The summed E-state index contributed by atoms with van der Waals surface area (Å²) in [4.78, 5) is 11.0. The number of aliphatic hydroxyl groups excluding tert-OH is 1. The molecule has 1 N–H and O–H groups in total. The number of hydrogen-bond donors (Lipinski definition) is 1. The number of ether oxygens (including phenoxy) is 1. The lowest BCUT2D eigenvalue weighted by Gasteiger charge is -2.05. The molecule has 0 aliphatic heterocycles.